The molecule has 20 heavy (non-hydrogen) atoms. The summed E-state index contributed by atoms with van der Waals surface area (Å²) in [5, 5.41) is -0.0898. The Morgan fingerprint density at radius 3 is 2.70 bits per heavy atom. The van der Waals surface area contributed by atoms with Crippen LogP contribution in [0.5, 0.6) is 0 Å². The van der Waals surface area contributed by atoms with Crippen molar-refractivity contribution in [3.63, 3.8) is 0 Å². The van der Waals surface area contributed by atoms with Gasteiger partial charge in [-0.3, -0.25) is 4.79 Å². The smallest absolute Gasteiger partial charge is 0.246 e. The topological polar surface area (TPSA) is 70.6 Å². The van der Waals surface area contributed by atoms with Gasteiger partial charge in [0.1, 0.15) is 10.0 Å². The zero-order valence-corrected chi connectivity index (χ0v) is 12.7. The van der Waals surface area contributed by atoms with E-state index in [2.05, 4.69) is 4.98 Å². The van der Waals surface area contributed by atoms with Crippen LogP contribution in [0.4, 0.5) is 0 Å². The average molecular weight is 318 g/mol. The molecule has 1 aromatic heterocycles. The minimum absolute atomic E-state index is 0.0848. The van der Waals surface area contributed by atoms with E-state index in [9.17, 15) is 13.2 Å². The van der Waals surface area contributed by atoms with Crippen LogP contribution in [-0.2, 0) is 14.8 Å². The summed E-state index contributed by atoms with van der Waals surface area (Å²) < 4.78 is 25.7. The number of likely N-dealkylation sites (N-methyl/N-ethyl adjacent to an activating group) is 1. The van der Waals surface area contributed by atoms with Gasteiger partial charge in [0.25, 0.3) is 0 Å². The second-order valence-corrected chi connectivity index (χ2v) is 7.01. The van der Waals surface area contributed by atoms with Crippen molar-refractivity contribution in [2.24, 2.45) is 0 Å². The Kier molecular flexibility index (Phi) is 4.62. The van der Waals surface area contributed by atoms with Crippen LogP contribution in [0.2, 0.25) is 5.15 Å². The van der Waals surface area contributed by atoms with E-state index in [1.165, 1.54) is 25.4 Å². The van der Waals surface area contributed by atoms with Gasteiger partial charge in [-0.15, -0.1) is 0 Å². The summed E-state index contributed by atoms with van der Waals surface area (Å²) >= 11 is 5.80. The fourth-order valence-corrected chi connectivity index (χ4v) is 3.62. The first kappa shape index (κ1) is 15.2. The van der Waals surface area contributed by atoms with E-state index >= 15 is 0 Å². The van der Waals surface area contributed by atoms with Crippen molar-refractivity contribution in [2.45, 2.75) is 17.7 Å². The van der Waals surface area contributed by atoms with Crippen LogP contribution in [0.15, 0.2) is 23.2 Å². The number of carbonyl (C=O) groups excluding carboxylic acids is 1. The number of hydrogen-bond acceptors (Lipinski definition) is 4. The molecule has 0 saturated carbocycles. The van der Waals surface area contributed by atoms with Crippen LogP contribution in [-0.4, -0.2) is 55.2 Å². The maximum atomic E-state index is 12.3. The third kappa shape index (κ3) is 3.11. The summed E-state index contributed by atoms with van der Waals surface area (Å²) in [5.74, 6) is -0.186. The van der Waals surface area contributed by atoms with Crippen LogP contribution in [0.1, 0.15) is 12.8 Å². The standard InChI is InChI=1S/C12H16ClN3O3S/c1-15(9-11(17)16-7-2-3-8-16)20(18,19)10-5-4-6-14-12(10)13/h4-6H,2-3,7-9H2,1H3. The SMILES string of the molecule is CN(CC(=O)N1CCCC1)S(=O)(=O)c1cccnc1Cl. The summed E-state index contributed by atoms with van der Waals surface area (Å²) in [6.07, 6.45) is 3.35. The van der Waals surface area contributed by atoms with Crippen molar-refractivity contribution in [3.05, 3.63) is 23.5 Å². The van der Waals surface area contributed by atoms with Crippen LogP contribution < -0.4 is 0 Å². The average Bonchev–Trinajstić information content (AvgIpc) is 2.92. The number of halogens is 1. The number of hydrogen-bond donors (Lipinski definition) is 0. The maximum absolute atomic E-state index is 12.3. The van der Waals surface area contributed by atoms with E-state index in [4.69, 9.17) is 11.6 Å². The van der Waals surface area contributed by atoms with Crippen molar-refractivity contribution in [3.8, 4) is 0 Å². The molecule has 1 amide bonds. The lowest BCUT2D eigenvalue weighted by molar-refractivity contribution is -0.130. The molecular formula is C12H16ClN3O3S. The Morgan fingerprint density at radius 1 is 1.45 bits per heavy atom. The lowest BCUT2D eigenvalue weighted by Crippen LogP contribution is -2.39. The molecule has 6 nitrogen and oxygen atoms in total. The number of amides is 1. The van der Waals surface area contributed by atoms with Crippen LogP contribution in [0.25, 0.3) is 0 Å². The van der Waals surface area contributed by atoms with Crippen molar-refractivity contribution in [1.82, 2.24) is 14.2 Å². The Balaban J connectivity index is 2.13. The van der Waals surface area contributed by atoms with E-state index < -0.39 is 10.0 Å². The molecule has 1 aliphatic rings. The van der Waals surface area contributed by atoms with E-state index in [-0.39, 0.29) is 22.5 Å². The molecule has 0 atom stereocenters. The summed E-state index contributed by atoms with van der Waals surface area (Å²) in [4.78, 5) is 17.3. The molecule has 2 heterocycles. The first-order valence-corrected chi connectivity index (χ1v) is 8.09. The Labute approximate surface area is 123 Å². The molecule has 1 aliphatic heterocycles. The minimum Gasteiger partial charge on any atom is -0.342 e. The van der Waals surface area contributed by atoms with Gasteiger partial charge in [-0.1, -0.05) is 11.6 Å². The molecule has 1 fully saturated rings. The molecule has 0 N–H and O–H groups in total. The molecule has 0 bridgehead atoms. The van der Waals surface area contributed by atoms with Crippen molar-refractivity contribution >= 4 is 27.5 Å². The van der Waals surface area contributed by atoms with E-state index in [0.717, 1.165) is 17.1 Å². The fourth-order valence-electron chi connectivity index (χ4n) is 2.07. The minimum atomic E-state index is -3.80. The van der Waals surface area contributed by atoms with Gasteiger partial charge in [-0.25, -0.2) is 13.4 Å². The number of likely N-dealkylation sites (tertiary alicyclic amines) is 1. The van der Waals surface area contributed by atoms with Crippen LogP contribution >= 0.6 is 11.6 Å². The quantitative estimate of drug-likeness (QED) is 0.776. The van der Waals surface area contributed by atoms with Gasteiger partial charge < -0.3 is 4.90 Å². The largest absolute Gasteiger partial charge is 0.342 e. The predicted molar refractivity (Wildman–Crippen MR) is 74.9 cm³/mol. The number of nitrogens with zero attached hydrogens (tertiary/aromatic N) is 3. The zero-order chi connectivity index (χ0) is 14.8. The third-order valence-corrected chi connectivity index (χ3v) is 5.48. The van der Waals surface area contributed by atoms with E-state index in [0.29, 0.717) is 13.1 Å². The summed E-state index contributed by atoms with van der Waals surface area (Å²) in [7, 11) is -2.44. The van der Waals surface area contributed by atoms with Gasteiger partial charge in [-0.05, 0) is 25.0 Å². The number of carbonyl (C=O) groups is 1. The second-order valence-electron chi connectivity index (χ2n) is 4.64. The highest BCUT2D eigenvalue weighted by molar-refractivity contribution is 7.89. The van der Waals surface area contributed by atoms with Gasteiger partial charge in [-0.2, -0.15) is 4.31 Å². The monoisotopic (exact) mass is 317 g/mol. The van der Waals surface area contributed by atoms with E-state index in [1.807, 2.05) is 0 Å². The van der Waals surface area contributed by atoms with Gasteiger partial charge in [0.15, 0.2) is 0 Å². The highest BCUT2D eigenvalue weighted by Gasteiger charge is 2.28. The number of pyridine rings is 1. The Bertz CT molecular complexity index is 600. The van der Waals surface area contributed by atoms with Gasteiger partial charge in [0.05, 0.1) is 6.54 Å². The van der Waals surface area contributed by atoms with E-state index in [1.54, 1.807) is 4.90 Å². The molecule has 0 radical (unpaired) electrons. The van der Waals surface area contributed by atoms with Crippen molar-refractivity contribution < 1.29 is 13.2 Å². The summed E-state index contributed by atoms with van der Waals surface area (Å²) in [5.41, 5.74) is 0. The Morgan fingerprint density at radius 2 is 2.10 bits per heavy atom. The number of aromatic nitrogens is 1. The maximum Gasteiger partial charge on any atom is 0.246 e. The molecule has 0 aliphatic carbocycles. The molecule has 1 aromatic rings. The lowest BCUT2D eigenvalue weighted by Gasteiger charge is -2.21. The number of sulfonamides is 1. The molecule has 0 aromatic carbocycles. The lowest BCUT2D eigenvalue weighted by atomic mass is 10.4. The van der Waals surface area contributed by atoms with Crippen molar-refractivity contribution in [2.75, 3.05) is 26.7 Å². The molecular weight excluding hydrogens is 302 g/mol. The molecule has 110 valence electrons. The molecule has 0 spiro atoms. The van der Waals surface area contributed by atoms with Crippen LogP contribution in [0, 0.1) is 0 Å². The predicted octanol–water partition coefficient (Wildman–Crippen LogP) is 0.978. The van der Waals surface area contributed by atoms with Gasteiger partial charge >= 0.3 is 0 Å². The highest BCUT2D eigenvalue weighted by atomic mass is 35.5. The first-order chi connectivity index (χ1) is 9.43. The zero-order valence-electron chi connectivity index (χ0n) is 11.1. The first-order valence-electron chi connectivity index (χ1n) is 6.27. The Hall–Kier alpha value is -1.18. The third-order valence-electron chi connectivity index (χ3n) is 3.23. The number of rotatable bonds is 4. The van der Waals surface area contributed by atoms with Gasteiger partial charge in [0, 0.05) is 26.3 Å². The molecule has 2 rings (SSSR count). The van der Waals surface area contributed by atoms with Gasteiger partial charge in [0.2, 0.25) is 15.9 Å². The fraction of sp³-hybridized carbons (Fsp3) is 0.500. The summed E-state index contributed by atoms with van der Waals surface area (Å²) in [6, 6.07) is 2.87. The van der Waals surface area contributed by atoms with Crippen LogP contribution in [0.3, 0.4) is 0 Å². The summed E-state index contributed by atoms with van der Waals surface area (Å²) in [6.45, 7) is 1.20. The molecule has 1 saturated heterocycles. The van der Waals surface area contributed by atoms with Crippen molar-refractivity contribution in [1.29, 1.82) is 0 Å². The molecule has 0 unspecified atom stereocenters. The highest BCUT2D eigenvalue weighted by Crippen LogP contribution is 2.21. The second kappa shape index (κ2) is 6.07. The molecule has 8 heteroatoms. The normalized spacial score (nSPS) is 15.8.